The molecule has 4 heteroatoms. The molecule has 0 heterocycles. The zero-order valence-electron chi connectivity index (χ0n) is 11.2. The van der Waals surface area contributed by atoms with Crippen molar-refractivity contribution in [1.29, 1.82) is 0 Å². The van der Waals surface area contributed by atoms with E-state index >= 15 is 0 Å². The Kier molecular flexibility index (Phi) is 5.49. The number of hydrogen-bond donors (Lipinski definition) is 1. The normalized spacial score (nSPS) is 11.9. The van der Waals surface area contributed by atoms with Gasteiger partial charge in [-0.3, -0.25) is 0 Å². The Morgan fingerprint density at radius 3 is 2.67 bits per heavy atom. The van der Waals surface area contributed by atoms with Crippen molar-refractivity contribution < 1.29 is 14.3 Å². The Bertz CT molecular complexity index is 384. The minimum Gasteiger partial charge on any atom is -0.476 e. The van der Waals surface area contributed by atoms with E-state index in [4.69, 9.17) is 15.2 Å². The number of benzene rings is 1. The van der Waals surface area contributed by atoms with Gasteiger partial charge in [0.15, 0.2) is 6.10 Å². The molecule has 0 aliphatic heterocycles. The SMILES string of the molecule is CCCC(Oc1c(C)cccc1N)C(=O)OCC. The largest absolute Gasteiger partial charge is 0.476 e. The number of ether oxygens (including phenoxy) is 2. The van der Waals surface area contributed by atoms with Crippen LogP contribution in [0.15, 0.2) is 18.2 Å². The summed E-state index contributed by atoms with van der Waals surface area (Å²) < 4.78 is 10.7. The first-order chi connectivity index (χ1) is 8.60. The van der Waals surface area contributed by atoms with Gasteiger partial charge in [-0.05, 0) is 31.9 Å². The molecule has 0 aromatic heterocycles. The highest BCUT2D eigenvalue weighted by Gasteiger charge is 2.22. The Hall–Kier alpha value is -1.71. The monoisotopic (exact) mass is 251 g/mol. The topological polar surface area (TPSA) is 61.5 Å². The van der Waals surface area contributed by atoms with Crippen molar-refractivity contribution in [2.45, 2.75) is 39.7 Å². The predicted octanol–water partition coefficient (Wildman–Crippen LogP) is 2.69. The molecule has 1 unspecified atom stereocenters. The summed E-state index contributed by atoms with van der Waals surface area (Å²) in [6.07, 6.45) is 0.875. The minimum atomic E-state index is -0.585. The van der Waals surface area contributed by atoms with E-state index in [1.807, 2.05) is 26.0 Å². The van der Waals surface area contributed by atoms with Crippen molar-refractivity contribution in [3.05, 3.63) is 23.8 Å². The number of esters is 1. The Balaban J connectivity index is 2.86. The van der Waals surface area contributed by atoms with Crippen LogP contribution in [0.5, 0.6) is 5.75 Å². The number of carbonyl (C=O) groups is 1. The molecule has 18 heavy (non-hydrogen) atoms. The van der Waals surface area contributed by atoms with Gasteiger partial charge in [0, 0.05) is 0 Å². The molecule has 100 valence electrons. The van der Waals surface area contributed by atoms with Crippen LogP contribution < -0.4 is 10.5 Å². The van der Waals surface area contributed by atoms with Crippen molar-refractivity contribution in [2.75, 3.05) is 12.3 Å². The summed E-state index contributed by atoms with van der Waals surface area (Å²) in [5.74, 6) is 0.242. The van der Waals surface area contributed by atoms with Gasteiger partial charge in [-0.25, -0.2) is 4.79 Å². The molecule has 0 saturated carbocycles. The smallest absolute Gasteiger partial charge is 0.347 e. The van der Waals surface area contributed by atoms with E-state index in [0.717, 1.165) is 12.0 Å². The number of nitrogen functional groups attached to an aromatic ring is 1. The molecule has 2 N–H and O–H groups in total. The van der Waals surface area contributed by atoms with Gasteiger partial charge in [0.2, 0.25) is 0 Å². The fourth-order valence-corrected chi connectivity index (χ4v) is 1.70. The van der Waals surface area contributed by atoms with Crippen LogP contribution in [0.4, 0.5) is 5.69 Å². The first-order valence-corrected chi connectivity index (χ1v) is 6.28. The van der Waals surface area contributed by atoms with E-state index in [1.54, 1.807) is 13.0 Å². The molecule has 0 fully saturated rings. The van der Waals surface area contributed by atoms with Gasteiger partial charge >= 0.3 is 5.97 Å². The Morgan fingerprint density at radius 2 is 2.11 bits per heavy atom. The fraction of sp³-hybridized carbons (Fsp3) is 0.500. The second-order valence-corrected chi connectivity index (χ2v) is 4.14. The number of hydrogen-bond acceptors (Lipinski definition) is 4. The molecule has 0 spiro atoms. The van der Waals surface area contributed by atoms with E-state index in [9.17, 15) is 4.79 Å². The molecule has 0 saturated heterocycles. The molecule has 0 aliphatic carbocycles. The predicted molar refractivity (Wildman–Crippen MR) is 71.5 cm³/mol. The van der Waals surface area contributed by atoms with Gasteiger partial charge in [0.1, 0.15) is 5.75 Å². The van der Waals surface area contributed by atoms with Gasteiger partial charge in [-0.15, -0.1) is 0 Å². The maximum absolute atomic E-state index is 11.8. The summed E-state index contributed by atoms with van der Waals surface area (Å²) in [7, 11) is 0. The molecule has 0 amide bonds. The van der Waals surface area contributed by atoms with E-state index in [2.05, 4.69) is 0 Å². The Morgan fingerprint density at radius 1 is 1.39 bits per heavy atom. The third-order valence-corrected chi connectivity index (χ3v) is 2.60. The highest BCUT2D eigenvalue weighted by molar-refractivity contribution is 5.75. The van der Waals surface area contributed by atoms with Crippen molar-refractivity contribution in [3.8, 4) is 5.75 Å². The lowest BCUT2D eigenvalue weighted by Crippen LogP contribution is -2.29. The molecule has 1 atom stereocenters. The van der Waals surface area contributed by atoms with Gasteiger partial charge in [-0.2, -0.15) is 0 Å². The lowest BCUT2D eigenvalue weighted by atomic mass is 10.1. The van der Waals surface area contributed by atoms with Gasteiger partial charge < -0.3 is 15.2 Å². The lowest BCUT2D eigenvalue weighted by Gasteiger charge is -2.19. The number of anilines is 1. The number of rotatable bonds is 6. The molecule has 0 aliphatic rings. The van der Waals surface area contributed by atoms with E-state index < -0.39 is 6.10 Å². The van der Waals surface area contributed by atoms with Crippen LogP contribution >= 0.6 is 0 Å². The maximum Gasteiger partial charge on any atom is 0.347 e. The second-order valence-electron chi connectivity index (χ2n) is 4.14. The minimum absolute atomic E-state index is 0.331. The molecule has 1 aromatic carbocycles. The first kappa shape index (κ1) is 14.4. The third kappa shape index (κ3) is 3.65. The van der Waals surface area contributed by atoms with Crippen LogP contribution in [-0.4, -0.2) is 18.7 Å². The average molecular weight is 251 g/mol. The first-order valence-electron chi connectivity index (χ1n) is 6.28. The zero-order valence-corrected chi connectivity index (χ0v) is 11.2. The molecule has 1 aromatic rings. The van der Waals surface area contributed by atoms with Crippen LogP contribution in [0.25, 0.3) is 0 Å². The highest BCUT2D eigenvalue weighted by Crippen LogP contribution is 2.27. The summed E-state index contributed by atoms with van der Waals surface area (Å²) in [6, 6.07) is 5.52. The fourth-order valence-electron chi connectivity index (χ4n) is 1.70. The standard InChI is InChI=1S/C14H21NO3/c1-4-7-12(14(16)17-5-2)18-13-10(3)8-6-9-11(13)15/h6,8-9,12H,4-5,7,15H2,1-3H3. The van der Waals surface area contributed by atoms with Crippen molar-refractivity contribution in [3.63, 3.8) is 0 Å². The zero-order chi connectivity index (χ0) is 13.5. The molecular formula is C14H21NO3. The summed E-state index contributed by atoms with van der Waals surface area (Å²) in [5, 5.41) is 0. The number of aryl methyl sites for hydroxylation is 1. The number of para-hydroxylation sites is 1. The molecular weight excluding hydrogens is 230 g/mol. The van der Waals surface area contributed by atoms with Gasteiger partial charge in [0.25, 0.3) is 0 Å². The third-order valence-electron chi connectivity index (χ3n) is 2.60. The van der Waals surface area contributed by atoms with Crippen molar-refractivity contribution >= 4 is 11.7 Å². The van der Waals surface area contributed by atoms with Gasteiger partial charge in [-0.1, -0.05) is 25.5 Å². The van der Waals surface area contributed by atoms with Gasteiger partial charge in [0.05, 0.1) is 12.3 Å². The van der Waals surface area contributed by atoms with Crippen LogP contribution in [0, 0.1) is 6.92 Å². The number of carbonyl (C=O) groups excluding carboxylic acids is 1. The van der Waals surface area contributed by atoms with Crippen LogP contribution in [-0.2, 0) is 9.53 Å². The second kappa shape index (κ2) is 6.89. The molecule has 0 bridgehead atoms. The molecule has 0 radical (unpaired) electrons. The van der Waals surface area contributed by atoms with E-state index in [-0.39, 0.29) is 5.97 Å². The van der Waals surface area contributed by atoms with Crippen molar-refractivity contribution in [1.82, 2.24) is 0 Å². The molecule has 1 rings (SSSR count). The molecule has 4 nitrogen and oxygen atoms in total. The lowest BCUT2D eigenvalue weighted by molar-refractivity contribution is -0.151. The van der Waals surface area contributed by atoms with Crippen LogP contribution in [0.1, 0.15) is 32.3 Å². The highest BCUT2D eigenvalue weighted by atomic mass is 16.6. The maximum atomic E-state index is 11.8. The summed E-state index contributed by atoms with van der Waals surface area (Å²) in [5.41, 5.74) is 7.32. The van der Waals surface area contributed by atoms with Crippen molar-refractivity contribution in [2.24, 2.45) is 0 Å². The summed E-state index contributed by atoms with van der Waals surface area (Å²) in [4.78, 5) is 11.8. The number of nitrogens with two attached hydrogens (primary N) is 1. The van der Waals surface area contributed by atoms with E-state index in [0.29, 0.717) is 24.5 Å². The van der Waals surface area contributed by atoms with Crippen LogP contribution in [0.2, 0.25) is 0 Å². The average Bonchev–Trinajstić information content (AvgIpc) is 2.33. The van der Waals surface area contributed by atoms with E-state index in [1.165, 1.54) is 0 Å². The summed E-state index contributed by atoms with van der Waals surface area (Å²) in [6.45, 7) is 6.03. The quantitative estimate of drug-likeness (QED) is 0.623. The Labute approximate surface area is 108 Å². The van der Waals surface area contributed by atoms with Crippen LogP contribution in [0.3, 0.4) is 0 Å². The summed E-state index contributed by atoms with van der Waals surface area (Å²) >= 11 is 0.